The Labute approximate surface area is 125 Å². The lowest BCUT2D eigenvalue weighted by atomic mass is 10.4. The summed E-state index contributed by atoms with van der Waals surface area (Å²) >= 11 is 3.04. The van der Waals surface area contributed by atoms with Gasteiger partial charge in [-0.2, -0.15) is 0 Å². The molecule has 1 aliphatic rings. The van der Waals surface area contributed by atoms with Gasteiger partial charge in [-0.1, -0.05) is 17.8 Å². The standard InChI is InChI=1S/C13H16N4OS2/c1-8(12(18)14-7-10-3-2-6-19-10)20-13-15-11(16-17-13)9-4-5-9/h2-3,6,8-9H,4-5,7H2,1H3,(H,14,18)(H,15,16,17). The van der Waals surface area contributed by atoms with Crippen molar-refractivity contribution in [2.75, 3.05) is 0 Å². The van der Waals surface area contributed by atoms with Gasteiger partial charge in [-0.3, -0.25) is 9.89 Å². The molecule has 7 heteroatoms. The van der Waals surface area contributed by atoms with Gasteiger partial charge in [0.25, 0.3) is 0 Å². The fourth-order valence-electron chi connectivity index (χ4n) is 1.79. The van der Waals surface area contributed by atoms with Crippen molar-refractivity contribution in [2.24, 2.45) is 0 Å². The molecular weight excluding hydrogens is 292 g/mol. The summed E-state index contributed by atoms with van der Waals surface area (Å²) in [4.78, 5) is 17.6. The van der Waals surface area contributed by atoms with Gasteiger partial charge in [-0.25, -0.2) is 4.98 Å². The predicted molar refractivity (Wildman–Crippen MR) is 79.8 cm³/mol. The molecule has 2 aromatic heterocycles. The van der Waals surface area contributed by atoms with Crippen LogP contribution in [0.5, 0.6) is 0 Å². The third kappa shape index (κ3) is 3.40. The van der Waals surface area contributed by atoms with E-state index in [9.17, 15) is 4.79 Å². The minimum Gasteiger partial charge on any atom is -0.350 e. The number of hydrogen-bond donors (Lipinski definition) is 2. The molecule has 1 unspecified atom stereocenters. The van der Waals surface area contributed by atoms with Gasteiger partial charge < -0.3 is 5.32 Å². The molecule has 20 heavy (non-hydrogen) atoms. The van der Waals surface area contributed by atoms with Gasteiger partial charge in [0.2, 0.25) is 11.1 Å². The normalized spacial score (nSPS) is 16.1. The van der Waals surface area contributed by atoms with Gasteiger partial charge in [-0.15, -0.1) is 16.4 Å². The molecule has 1 amide bonds. The average Bonchev–Trinajstić information content (AvgIpc) is 2.98. The average molecular weight is 308 g/mol. The number of thiophene rings is 1. The summed E-state index contributed by atoms with van der Waals surface area (Å²) < 4.78 is 0. The molecule has 1 atom stereocenters. The molecule has 0 bridgehead atoms. The second-order valence-corrected chi connectivity index (χ2v) is 7.17. The zero-order valence-electron chi connectivity index (χ0n) is 11.1. The highest BCUT2D eigenvalue weighted by Gasteiger charge is 2.27. The molecule has 3 rings (SSSR count). The lowest BCUT2D eigenvalue weighted by Gasteiger charge is -2.09. The number of thioether (sulfide) groups is 1. The molecule has 1 aliphatic carbocycles. The third-order valence-electron chi connectivity index (χ3n) is 3.11. The Bertz CT molecular complexity index is 577. The zero-order valence-corrected chi connectivity index (χ0v) is 12.8. The Kier molecular flexibility index (Phi) is 4.07. The van der Waals surface area contributed by atoms with Crippen molar-refractivity contribution in [1.29, 1.82) is 0 Å². The summed E-state index contributed by atoms with van der Waals surface area (Å²) in [6.45, 7) is 2.46. The summed E-state index contributed by atoms with van der Waals surface area (Å²) in [7, 11) is 0. The summed E-state index contributed by atoms with van der Waals surface area (Å²) in [5, 5.41) is 12.5. The van der Waals surface area contributed by atoms with Crippen LogP contribution < -0.4 is 5.32 Å². The Balaban J connectivity index is 1.49. The number of nitrogens with zero attached hydrogens (tertiary/aromatic N) is 2. The van der Waals surface area contributed by atoms with Crippen molar-refractivity contribution < 1.29 is 4.79 Å². The molecule has 0 aromatic carbocycles. The predicted octanol–water partition coefficient (Wildman–Crippen LogP) is 2.54. The number of hydrogen-bond acceptors (Lipinski definition) is 5. The van der Waals surface area contributed by atoms with E-state index in [0.29, 0.717) is 17.6 Å². The first-order chi connectivity index (χ1) is 9.72. The van der Waals surface area contributed by atoms with Crippen LogP contribution in [0, 0.1) is 0 Å². The summed E-state index contributed by atoms with van der Waals surface area (Å²) in [5.74, 6) is 1.53. The Morgan fingerprint density at radius 3 is 3.20 bits per heavy atom. The van der Waals surface area contributed by atoms with Crippen LogP contribution in [0.15, 0.2) is 22.7 Å². The highest BCUT2D eigenvalue weighted by molar-refractivity contribution is 8.00. The minimum atomic E-state index is -0.196. The van der Waals surface area contributed by atoms with Gasteiger partial charge >= 0.3 is 0 Å². The molecule has 0 aliphatic heterocycles. The van der Waals surface area contributed by atoms with Crippen LogP contribution in [0.3, 0.4) is 0 Å². The first-order valence-corrected chi connectivity index (χ1v) is 8.37. The summed E-state index contributed by atoms with van der Waals surface area (Å²) in [5.41, 5.74) is 0. The van der Waals surface area contributed by atoms with Crippen LogP contribution in [-0.4, -0.2) is 26.3 Å². The van der Waals surface area contributed by atoms with E-state index >= 15 is 0 Å². The molecule has 106 valence electrons. The molecule has 5 nitrogen and oxygen atoms in total. The van der Waals surface area contributed by atoms with Gasteiger partial charge in [0.15, 0.2) is 0 Å². The van der Waals surface area contributed by atoms with Gasteiger partial charge in [0.05, 0.1) is 11.8 Å². The van der Waals surface area contributed by atoms with E-state index in [2.05, 4.69) is 20.5 Å². The number of amides is 1. The topological polar surface area (TPSA) is 70.7 Å². The van der Waals surface area contributed by atoms with Crippen LogP contribution in [0.2, 0.25) is 0 Å². The quantitative estimate of drug-likeness (QED) is 0.805. The maximum Gasteiger partial charge on any atom is 0.233 e. The number of aromatic amines is 1. The van der Waals surface area contributed by atoms with Crippen LogP contribution >= 0.6 is 23.1 Å². The maximum absolute atomic E-state index is 12.0. The summed E-state index contributed by atoms with van der Waals surface area (Å²) in [6.07, 6.45) is 2.38. The molecule has 0 saturated heterocycles. The molecular formula is C13H16N4OS2. The van der Waals surface area contributed by atoms with E-state index in [1.165, 1.54) is 24.6 Å². The van der Waals surface area contributed by atoms with E-state index < -0.39 is 0 Å². The van der Waals surface area contributed by atoms with Crippen LogP contribution in [0.1, 0.15) is 36.4 Å². The highest BCUT2D eigenvalue weighted by Crippen LogP contribution is 2.38. The number of nitrogens with one attached hydrogen (secondary N) is 2. The summed E-state index contributed by atoms with van der Waals surface area (Å²) in [6, 6.07) is 4.00. The lowest BCUT2D eigenvalue weighted by Crippen LogP contribution is -2.30. The second-order valence-electron chi connectivity index (χ2n) is 4.83. The number of carbonyl (C=O) groups excluding carboxylic acids is 1. The molecule has 2 aromatic rings. The van der Waals surface area contributed by atoms with E-state index in [4.69, 9.17) is 0 Å². The Morgan fingerprint density at radius 2 is 2.50 bits per heavy atom. The van der Waals surface area contributed by atoms with Crippen molar-refractivity contribution in [1.82, 2.24) is 20.5 Å². The molecule has 2 heterocycles. The Morgan fingerprint density at radius 1 is 1.65 bits per heavy atom. The maximum atomic E-state index is 12.0. The van der Waals surface area contributed by atoms with Crippen LogP contribution in [-0.2, 0) is 11.3 Å². The fourth-order valence-corrected chi connectivity index (χ4v) is 3.19. The molecule has 0 radical (unpaired) electrons. The first kappa shape index (κ1) is 13.6. The van der Waals surface area contributed by atoms with E-state index in [0.717, 1.165) is 10.7 Å². The minimum absolute atomic E-state index is 0.0150. The van der Waals surface area contributed by atoms with E-state index in [1.54, 1.807) is 11.3 Å². The number of rotatable bonds is 6. The van der Waals surface area contributed by atoms with E-state index in [-0.39, 0.29) is 11.2 Å². The van der Waals surface area contributed by atoms with E-state index in [1.807, 2.05) is 24.4 Å². The van der Waals surface area contributed by atoms with Crippen molar-refractivity contribution in [3.63, 3.8) is 0 Å². The first-order valence-electron chi connectivity index (χ1n) is 6.61. The molecule has 1 saturated carbocycles. The zero-order chi connectivity index (χ0) is 13.9. The SMILES string of the molecule is CC(Sc1n[nH]c(C2CC2)n1)C(=O)NCc1cccs1. The molecule has 0 spiro atoms. The largest absolute Gasteiger partial charge is 0.350 e. The van der Waals surface area contributed by atoms with Crippen LogP contribution in [0.4, 0.5) is 0 Å². The molecule has 2 N–H and O–H groups in total. The number of aromatic nitrogens is 3. The highest BCUT2D eigenvalue weighted by atomic mass is 32.2. The second kappa shape index (κ2) is 5.97. The fraction of sp³-hybridized carbons (Fsp3) is 0.462. The number of carbonyl (C=O) groups is 1. The van der Waals surface area contributed by atoms with Crippen molar-refractivity contribution in [3.8, 4) is 0 Å². The molecule has 1 fully saturated rings. The van der Waals surface area contributed by atoms with Gasteiger partial charge in [0, 0.05) is 10.8 Å². The van der Waals surface area contributed by atoms with Crippen LogP contribution in [0.25, 0.3) is 0 Å². The van der Waals surface area contributed by atoms with Crippen molar-refractivity contribution in [2.45, 2.75) is 42.6 Å². The number of H-pyrrole nitrogens is 1. The smallest absolute Gasteiger partial charge is 0.233 e. The Hall–Kier alpha value is -1.34. The third-order valence-corrected chi connectivity index (χ3v) is 4.95. The van der Waals surface area contributed by atoms with Crippen molar-refractivity contribution >= 4 is 29.0 Å². The van der Waals surface area contributed by atoms with Gasteiger partial charge in [-0.05, 0) is 31.2 Å². The van der Waals surface area contributed by atoms with Gasteiger partial charge in [0.1, 0.15) is 5.82 Å². The lowest BCUT2D eigenvalue weighted by molar-refractivity contribution is -0.120. The monoisotopic (exact) mass is 308 g/mol. The van der Waals surface area contributed by atoms with Crippen molar-refractivity contribution in [3.05, 3.63) is 28.2 Å².